The summed E-state index contributed by atoms with van der Waals surface area (Å²) in [5, 5.41) is 5.83. The van der Waals surface area contributed by atoms with Crippen molar-refractivity contribution in [2.75, 3.05) is 37.8 Å². The maximum absolute atomic E-state index is 11.7. The molecule has 0 spiro atoms. The number of halogens is 1. The van der Waals surface area contributed by atoms with Crippen LogP contribution in [0.25, 0.3) is 21.9 Å². The zero-order chi connectivity index (χ0) is 21.6. The normalized spacial score (nSPS) is 24.1. The Balaban J connectivity index is 1.25. The van der Waals surface area contributed by atoms with E-state index in [1.54, 1.807) is 10.6 Å². The molecule has 3 heterocycles. The summed E-state index contributed by atoms with van der Waals surface area (Å²) in [6.45, 7) is 2.86. The zero-order valence-electron chi connectivity index (χ0n) is 17.5. The van der Waals surface area contributed by atoms with Gasteiger partial charge in [-0.25, -0.2) is 18.4 Å². The first-order valence-electron chi connectivity index (χ1n) is 10.8. The Morgan fingerprint density at radius 1 is 1.10 bits per heavy atom. The highest BCUT2D eigenvalue weighted by Crippen LogP contribution is 2.33. The second kappa shape index (κ2) is 8.31. The summed E-state index contributed by atoms with van der Waals surface area (Å²) in [6.07, 6.45) is 7.30. The van der Waals surface area contributed by atoms with Gasteiger partial charge in [0.25, 0.3) is 0 Å². The van der Waals surface area contributed by atoms with Gasteiger partial charge in [-0.2, -0.15) is 4.31 Å². The third kappa shape index (κ3) is 4.30. The van der Waals surface area contributed by atoms with Crippen LogP contribution < -0.4 is 5.32 Å². The summed E-state index contributed by atoms with van der Waals surface area (Å²) in [7, 11) is -3.08. The van der Waals surface area contributed by atoms with E-state index in [1.165, 1.54) is 6.26 Å². The van der Waals surface area contributed by atoms with Gasteiger partial charge in [-0.3, -0.25) is 4.90 Å². The highest BCUT2D eigenvalue weighted by atomic mass is 79.9. The van der Waals surface area contributed by atoms with Crippen molar-refractivity contribution in [3.63, 3.8) is 0 Å². The van der Waals surface area contributed by atoms with Gasteiger partial charge in [-0.05, 0) is 43.9 Å². The third-order valence-corrected chi connectivity index (χ3v) is 8.44. The number of H-pyrrole nitrogens is 1. The van der Waals surface area contributed by atoms with Crippen molar-refractivity contribution in [3.05, 3.63) is 29.0 Å². The maximum Gasteiger partial charge on any atom is 0.211 e. The Morgan fingerprint density at radius 3 is 2.55 bits per heavy atom. The molecule has 8 nitrogen and oxygen atoms in total. The van der Waals surface area contributed by atoms with Crippen molar-refractivity contribution in [3.8, 4) is 0 Å². The van der Waals surface area contributed by atoms with Gasteiger partial charge in [0.2, 0.25) is 10.0 Å². The highest BCUT2D eigenvalue weighted by molar-refractivity contribution is 9.10. The molecule has 1 aliphatic heterocycles. The average Bonchev–Trinajstić information content (AvgIpc) is 3.12. The minimum Gasteiger partial charge on any atom is -0.367 e. The SMILES string of the molecule is CS(=O)(=O)N1CCN(C2CCC(Nc3ncnc4[nH]c5ccc(Br)cc5c34)CC2)CC1. The van der Waals surface area contributed by atoms with Gasteiger partial charge in [0.1, 0.15) is 17.8 Å². The largest absolute Gasteiger partial charge is 0.367 e. The van der Waals surface area contributed by atoms with Crippen LogP contribution in [0.15, 0.2) is 29.0 Å². The topological polar surface area (TPSA) is 94.2 Å². The molecule has 5 rings (SSSR count). The van der Waals surface area contributed by atoms with Crippen molar-refractivity contribution < 1.29 is 8.42 Å². The number of hydrogen-bond donors (Lipinski definition) is 2. The molecule has 0 radical (unpaired) electrons. The van der Waals surface area contributed by atoms with Gasteiger partial charge in [0.05, 0.1) is 11.6 Å². The van der Waals surface area contributed by atoms with Gasteiger partial charge < -0.3 is 10.3 Å². The van der Waals surface area contributed by atoms with E-state index in [4.69, 9.17) is 0 Å². The van der Waals surface area contributed by atoms with Crippen molar-refractivity contribution >= 4 is 53.7 Å². The second-order valence-electron chi connectivity index (χ2n) is 8.61. The van der Waals surface area contributed by atoms with Crippen LogP contribution in [-0.2, 0) is 10.0 Å². The monoisotopic (exact) mass is 506 g/mol. The highest BCUT2D eigenvalue weighted by Gasteiger charge is 2.30. The number of sulfonamides is 1. The van der Waals surface area contributed by atoms with E-state index in [0.717, 1.165) is 71.0 Å². The molecule has 1 saturated carbocycles. The average molecular weight is 507 g/mol. The summed E-state index contributed by atoms with van der Waals surface area (Å²) in [4.78, 5) is 14.8. The number of hydrogen-bond acceptors (Lipinski definition) is 6. The Kier molecular flexibility index (Phi) is 5.66. The Hall–Kier alpha value is -1.75. The lowest BCUT2D eigenvalue weighted by Gasteiger charge is -2.41. The second-order valence-corrected chi connectivity index (χ2v) is 11.5. The minimum atomic E-state index is -3.08. The fourth-order valence-electron chi connectivity index (χ4n) is 4.98. The van der Waals surface area contributed by atoms with E-state index in [0.29, 0.717) is 25.2 Å². The molecular weight excluding hydrogens is 480 g/mol. The summed E-state index contributed by atoms with van der Waals surface area (Å²) in [5.74, 6) is 0.888. The minimum absolute atomic E-state index is 0.378. The van der Waals surface area contributed by atoms with Gasteiger partial charge in [-0.15, -0.1) is 0 Å². The molecular formula is C21H27BrN6O2S. The van der Waals surface area contributed by atoms with Crippen molar-refractivity contribution in [2.24, 2.45) is 0 Å². The molecule has 0 bridgehead atoms. The van der Waals surface area contributed by atoms with Crippen molar-refractivity contribution in [1.82, 2.24) is 24.2 Å². The van der Waals surface area contributed by atoms with E-state index in [-0.39, 0.29) is 0 Å². The van der Waals surface area contributed by atoms with E-state index in [9.17, 15) is 8.42 Å². The first kappa shape index (κ1) is 21.1. The molecule has 0 unspecified atom stereocenters. The van der Waals surface area contributed by atoms with Crippen LogP contribution in [0.5, 0.6) is 0 Å². The lowest BCUT2D eigenvalue weighted by molar-refractivity contribution is 0.109. The van der Waals surface area contributed by atoms with E-state index < -0.39 is 10.0 Å². The van der Waals surface area contributed by atoms with Gasteiger partial charge >= 0.3 is 0 Å². The summed E-state index contributed by atoms with van der Waals surface area (Å²) in [6, 6.07) is 7.10. The predicted octanol–water partition coefficient (Wildman–Crippen LogP) is 3.17. The first-order valence-corrected chi connectivity index (χ1v) is 13.4. The molecule has 3 aromatic rings. The lowest BCUT2D eigenvalue weighted by Crippen LogP contribution is -2.52. The molecule has 31 heavy (non-hydrogen) atoms. The number of rotatable bonds is 4. The van der Waals surface area contributed by atoms with E-state index >= 15 is 0 Å². The summed E-state index contributed by atoms with van der Waals surface area (Å²) < 4.78 is 26.1. The summed E-state index contributed by atoms with van der Waals surface area (Å²) >= 11 is 3.57. The smallest absolute Gasteiger partial charge is 0.211 e. The third-order valence-electron chi connectivity index (χ3n) is 6.65. The Bertz CT molecular complexity index is 1200. The van der Waals surface area contributed by atoms with Gasteiger partial charge in [0, 0.05) is 53.6 Å². The van der Waals surface area contributed by atoms with Gasteiger partial charge in [0.15, 0.2) is 0 Å². The lowest BCUT2D eigenvalue weighted by atomic mass is 9.89. The fraction of sp³-hybridized carbons (Fsp3) is 0.524. The number of nitrogens with one attached hydrogen (secondary N) is 2. The van der Waals surface area contributed by atoms with Crippen LogP contribution in [0.4, 0.5) is 5.82 Å². The number of anilines is 1. The number of piperazine rings is 1. The van der Waals surface area contributed by atoms with Crippen molar-refractivity contribution in [1.29, 1.82) is 0 Å². The Morgan fingerprint density at radius 2 is 1.84 bits per heavy atom. The molecule has 0 amide bonds. The molecule has 10 heteroatoms. The van der Waals surface area contributed by atoms with Crippen LogP contribution in [0.3, 0.4) is 0 Å². The zero-order valence-corrected chi connectivity index (χ0v) is 19.9. The molecule has 2 aliphatic rings. The van der Waals surface area contributed by atoms with Crippen LogP contribution in [-0.4, -0.2) is 77.1 Å². The number of benzene rings is 1. The fourth-order valence-corrected chi connectivity index (χ4v) is 6.17. The number of nitrogens with zero attached hydrogens (tertiary/aromatic N) is 4. The van der Waals surface area contributed by atoms with Crippen LogP contribution in [0, 0.1) is 0 Å². The molecule has 1 aliphatic carbocycles. The van der Waals surface area contributed by atoms with E-state index in [2.05, 4.69) is 53.2 Å². The predicted molar refractivity (Wildman–Crippen MR) is 127 cm³/mol. The van der Waals surface area contributed by atoms with Crippen LogP contribution in [0.2, 0.25) is 0 Å². The quantitative estimate of drug-likeness (QED) is 0.564. The molecule has 166 valence electrons. The molecule has 2 N–H and O–H groups in total. The molecule has 2 fully saturated rings. The molecule has 1 saturated heterocycles. The molecule has 0 atom stereocenters. The van der Waals surface area contributed by atoms with E-state index in [1.807, 2.05) is 6.07 Å². The molecule has 1 aromatic carbocycles. The molecule has 2 aromatic heterocycles. The number of aromatic amines is 1. The van der Waals surface area contributed by atoms with Gasteiger partial charge in [-0.1, -0.05) is 15.9 Å². The number of aromatic nitrogens is 3. The standard InChI is InChI=1S/C21H27BrN6O2S/c1-31(29,30)28-10-8-27(9-11-28)16-5-3-15(4-6-16)25-20-19-17-12-14(22)2-7-18(17)26-21(19)24-13-23-20/h2,7,12-13,15-16H,3-6,8-11H2,1H3,(H2,23,24,25,26). The maximum atomic E-state index is 11.7. The van der Waals surface area contributed by atoms with Crippen LogP contribution >= 0.6 is 15.9 Å². The summed E-state index contributed by atoms with van der Waals surface area (Å²) in [5.41, 5.74) is 1.90. The van der Waals surface area contributed by atoms with Crippen LogP contribution in [0.1, 0.15) is 25.7 Å². The first-order chi connectivity index (χ1) is 14.9. The van der Waals surface area contributed by atoms with Crippen molar-refractivity contribution in [2.45, 2.75) is 37.8 Å². The Labute approximate surface area is 190 Å². The number of fused-ring (bicyclic) bond motifs is 3.